The van der Waals surface area contributed by atoms with Crippen LogP contribution in [-0.4, -0.2) is 5.97 Å². The molecule has 0 aromatic heterocycles. The molecular weight excluding hydrogens is 212 g/mol. The van der Waals surface area contributed by atoms with Crippen LogP contribution in [0.25, 0.3) is 10.8 Å². The highest BCUT2D eigenvalue weighted by atomic mass is 16.5. The van der Waals surface area contributed by atoms with Crippen molar-refractivity contribution >= 4 is 16.7 Å². The zero-order valence-electron chi connectivity index (χ0n) is 10.1. The summed E-state index contributed by atoms with van der Waals surface area (Å²) in [5.41, 5.74) is 1.06. The third-order valence-corrected chi connectivity index (χ3v) is 2.86. The molecule has 2 heteroatoms. The van der Waals surface area contributed by atoms with E-state index in [4.69, 9.17) is 4.74 Å². The number of ether oxygens (including phenoxy) is 1. The van der Waals surface area contributed by atoms with Crippen LogP contribution < -0.4 is 0 Å². The third-order valence-electron chi connectivity index (χ3n) is 2.86. The number of benzene rings is 2. The Kier molecular flexibility index (Phi) is 3.43. The number of carbonyl (C=O) groups excluding carboxylic acids is 1. The molecule has 1 atom stereocenters. The molecule has 2 aromatic carbocycles. The molecule has 0 saturated carbocycles. The lowest BCUT2D eigenvalue weighted by Crippen LogP contribution is -2.07. The van der Waals surface area contributed by atoms with Gasteiger partial charge in [-0.2, -0.15) is 0 Å². The average molecular weight is 228 g/mol. The van der Waals surface area contributed by atoms with Gasteiger partial charge in [0.2, 0.25) is 0 Å². The van der Waals surface area contributed by atoms with Gasteiger partial charge in [-0.15, -0.1) is 0 Å². The maximum Gasteiger partial charge on any atom is 0.306 e. The molecule has 0 aliphatic heterocycles. The van der Waals surface area contributed by atoms with Crippen LogP contribution in [0.4, 0.5) is 0 Å². The first-order chi connectivity index (χ1) is 8.22. The standard InChI is InChI=1S/C15H16O2/c1-3-15(16)17-11(2)13-10-6-8-12-7-4-5-9-14(12)13/h4-11H,3H2,1-2H3. The van der Waals surface area contributed by atoms with Crippen molar-refractivity contribution in [1.82, 2.24) is 0 Å². The Balaban J connectivity index is 2.38. The predicted molar refractivity (Wildman–Crippen MR) is 68.7 cm³/mol. The number of fused-ring (bicyclic) bond motifs is 1. The first kappa shape index (κ1) is 11.6. The summed E-state index contributed by atoms with van der Waals surface area (Å²) in [4.78, 5) is 11.3. The lowest BCUT2D eigenvalue weighted by molar-refractivity contribution is -0.148. The first-order valence-electron chi connectivity index (χ1n) is 5.89. The van der Waals surface area contributed by atoms with Gasteiger partial charge in [-0.1, -0.05) is 49.4 Å². The Bertz CT molecular complexity index is 526. The van der Waals surface area contributed by atoms with E-state index in [-0.39, 0.29) is 12.1 Å². The van der Waals surface area contributed by atoms with Crippen molar-refractivity contribution in [2.45, 2.75) is 26.4 Å². The topological polar surface area (TPSA) is 26.3 Å². The molecule has 0 fully saturated rings. The van der Waals surface area contributed by atoms with E-state index in [0.717, 1.165) is 10.9 Å². The molecule has 88 valence electrons. The number of carbonyl (C=O) groups is 1. The van der Waals surface area contributed by atoms with Crippen LogP contribution in [0.15, 0.2) is 42.5 Å². The van der Waals surface area contributed by atoms with E-state index in [9.17, 15) is 4.79 Å². The van der Waals surface area contributed by atoms with Gasteiger partial charge in [0.15, 0.2) is 0 Å². The van der Waals surface area contributed by atoms with E-state index in [1.807, 2.05) is 31.2 Å². The van der Waals surface area contributed by atoms with Gasteiger partial charge >= 0.3 is 5.97 Å². The average Bonchev–Trinajstić information content (AvgIpc) is 2.37. The summed E-state index contributed by atoms with van der Waals surface area (Å²) in [6.07, 6.45) is 0.211. The molecular formula is C15H16O2. The fraction of sp³-hybridized carbons (Fsp3) is 0.267. The van der Waals surface area contributed by atoms with Gasteiger partial charge in [0.05, 0.1) is 0 Å². The zero-order valence-corrected chi connectivity index (χ0v) is 10.1. The highest BCUT2D eigenvalue weighted by molar-refractivity contribution is 5.86. The van der Waals surface area contributed by atoms with E-state index in [1.165, 1.54) is 5.39 Å². The summed E-state index contributed by atoms with van der Waals surface area (Å²) in [6, 6.07) is 14.2. The van der Waals surface area contributed by atoms with Crippen LogP contribution in [0.2, 0.25) is 0 Å². The van der Waals surface area contributed by atoms with Gasteiger partial charge in [-0.25, -0.2) is 0 Å². The van der Waals surface area contributed by atoms with E-state index in [1.54, 1.807) is 6.92 Å². The van der Waals surface area contributed by atoms with Crippen LogP contribution in [0.5, 0.6) is 0 Å². The maximum atomic E-state index is 11.3. The van der Waals surface area contributed by atoms with Gasteiger partial charge in [0, 0.05) is 6.42 Å². The van der Waals surface area contributed by atoms with Crippen LogP contribution >= 0.6 is 0 Å². The monoisotopic (exact) mass is 228 g/mol. The van der Waals surface area contributed by atoms with Crippen molar-refractivity contribution in [3.05, 3.63) is 48.0 Å². The molecule has 2 rings (SSSR count). The van der Waals surface area contributed by atoms with E-state index in [2.05, 4.69) is 18.2 Å². The van der Waals surface area contributed by atoms with Crippen molar-refractivity contribution < 1.29 is 9.53 Å². The smallest absolute Gasteiger partial charge is 0.306 e. The fourth-order valence-corrected chi connectivity index (χ4v) is 1.95. The molecule has 0 aliphatic carbocycles. The number of rotatable bonds is 3. The molecule has 2 aromatic rings. The van der Waals surface area contributed by atoms with Crippen molar-refractivity contribution in [1.29, 1.82) is 0 Å². The van der Waals surface area contributed by atoms with Gasteiger partial charge < -0.3 is 4.74 Å². The second-order valence-corrected chi connectivity index (χ2v) is 4.05. The second kappa shape index (κ2) is 5.00. The quantitative estimate of drug-likeness (QED) is 0.746. The Morgan fingerprint density at radius 3 is 2.65 bits per heavy atom. The van der Waals surface area contributed by atoms with E-state index in [0.29, 0.717) is 6.42 Å². The second-order valence-electron chi connectivity index (χ2n) is 4.05. The molecule has 0 N–H and O–H groups in total. The van der Waals surface area contributed by atoms with E-state index >= 15 is 0 Å². The molecule has 2 nitrogen and oxygen atoms in total. The Labute approximate surface area is 101 Å². The van der Waals surface area contributed by atoms with Crippen LogP contribution in [0, 0.1) is 0 Å². The largest absolute Gasteiger partial charge is 0.458 e. The van der Waals surface area contributed by atoms with Crippen molar-refractivity contribution in [3.8, 4) is 0 Å². The minimum absolute atomic E-state index is 0.162. The number of hydrogen-bond donors (Lipinski definition) is 0. The third kappa shape index (κ3) is 2.47. The highest BCUT2D eigenvalue weighted by Crippen LogP contribution is 2.26. The Hall–Kier alpha value is -1.83. The van der Waals surface area contributed by atoms with Gasteiger partial charge in [0.1, 0.15) is 6.10 Å². The first-order valence-corrected chi connectivity index (χ1v) is 5.89. The molecule has 0 amide bonds. The lowest BCUT2D eigenvalue weighted by atomic mass is 10.0. The van der Waals surface area contributed by atoms with Crippen LogP contribution in [0.3, 0.4) is 0 Å². The van der Waals surface area contributed by atoms with Gasteiger partial charge in [-0.3, -0.25) is 4.79 Å². The minimum Gasteiger partial charge on any atom is -0.458 e. The molecule has 0 saturated heterocycles. The minimum atomic E-state index is -0.200. The van der Waals surface area contributed by atoms with Crippen molar-refractivity contribution in [2.24, 2.45) is 0 Å². The summed E-state index contributed by atoms with van der Waals surface area (Å²) in [5, 5.41) is 2.32. The molecule has 0 spiro atoms. The Morgan fingerprint density at radius 2 is 1.88 bits per heavy atom. The summed E-state index contributed by atoms with van der Waals surface area (Å²) in [7, 11) is 0. The van der Waals surface area contributed by atoms with Crippen LogP contribution in [-0.2, 0) is 9.53 Å². The van der Waals surface area contributed by atoms with E-state index < -0.39 is 0 Å². The molecule has 0 heterocycles. The lowest BCUT2D eigenvalue weighted by Gasteiger charge is -2.15. The van der Waals surface area contributed by atoms with Crippen molar-refractivity contribution in [2.75, 3.05) is 0 Å². The summed E-state index contributed by atoms with van der Waals surface area (Å²) < 4.78 is 5.35. The normalized spacial score (nSPS) is 12.4. The zero-order chi connectivity index (χ0) is 12.3. The SMILES string of the molecule is CCC(=O)OC(C)c1cccc2ccccc12. The Morgan fingerprint density at radius 1 is 1.18 bits per heavy atom. The molecule has 1 unspecified atom stereocenters. The fourth-order valence-electron chi connectivity index (χ4n) is 1.95. The highest BCUT2D eigenvalue weighted by Gasteiger charge is 2.12. The van der Waals surface area contributed by atoms with Gasteiger partial charge in [0.25, 0.3) is 0 Å². The number of esters is 1. The van der Waals surface area contributed by atoms with Gasteiger partial charge in [-0.05, 0) is 23.3 Å². The molecule has 0 radical (unpaired) electrons. The summed E-state index contributed by atoms with van der Waals surface area (Å²) >= 11 is 0. The molecule has 0 bridgehead atoms. The number of hydrogen-bond acceptors (Lipinski definition) is 2. The van der Waals surface area contributed by atoms with Crippen molar-refractivity contribution in [3.63, 3.8) is 0 Å². The molecule has 17 heavy (non-hydrogen) atoms. The summed E-state index contributed by atoms with van der Waals surface area (Å²) in [6.45, 7) is 3.72. The van der Waals surface area contributed by atoms with Crippen LogP contribution in [0.1, 0.15) is 31.9 Å². The molecule has 0 aliphatic rings. The summed E-state index contributed by atoms with van der Waals surface area (Å²) in [5.74, 6) is -0.162. The maximum absolute atomic E-state index is 11.3. The predicted octanol–water partition coefficient (Wildman–Crippen LogP) is 3.85.